The molecule has 0 saturated carbocycles. The van der Waals surface area contributed by atoms with Crippen LogP contribution in [0.3, 0.4) is 0 Å². The Bertz CT molecular complexity index is 536. The van der Waals surface area contributed by atoms with Gasteiger partial charge in [0.25, 0.3) is 5.91 Å². The molecule has 0 aromatic heterocycles. The fraction of sp³-hybridized carbons (Fsp3) is 0.556. The number of likely N-dealkylation sites (N-methyl/N-ethyl adjacent to an activating group) is 1. The maximum atomic E-state index is 11.6. The zero-order valence-electron chi connectivity index (χ0n) is 15.7. The first-order valence-electron chi connectivity index (χ1n) is 8.50. The molecule has 1 rings (SSSR count). The number of nitrogens with zero attached hydrogens (tertiary/aromatic N) is 2. The molecule has 0 spiro atoms. The van der Waals surface area contributed by atoms with Gasteiger partial charge in [-0.05, 0) is 31.0 Å². The molecule has 0 saturated heterocycles. The van der Waals surface area contributed by atoms with Gasteiger partial charge < -0.3 is 20.3 Å². The third-order valence-corrected chi connectivity index (χ3v) is 3.35. The van der Waals surface area contributed by atoms with Crippen molar-refractivity contribution in [3.05, 3.63) is 29.8 Å². The van der Waals surface area contributed by atoms with Crippen molar-refractivity contribution in [2.45, 2.75) is 33.2 Å². The molecule has 7 heteroatoms. The van der Waals surface area contributed by atoms with Crippen molar-refractivity contribution in [1.82, 2.24) is 15.5 Å². The summed E-state index contributed by atoms with van der Waals surface area (Å²) >= 11 is 0. The van der Waals surface area contributed by atoms with Gasteiger partial charge in [-0.2, -0.15) is 0 Å². The number of guanidine groups is 1. The van der Waals surface area contributed by atoms with Crippen molar-refractivity contribution in [1.29, 1.82) is 0 Å². The summed E-state index contributed by atoms with van der Waals surface area (Å²) in [6, 6.07) is 7.68. The Kier molecular flexibility index (Phi) is 12.9. The van der Waals surface area contributed by atoms with Crippen LogP contribution < -0.4 is 15.4 Å². The summed E-state index contributed by atoms with van der Waals surface area (Å²) in [5, 5.41) is 6.55. The minimum absolute atomic E-state index is 0. The van der Waals surface area contributed by atoms with Crippen LogP contribution in [0.15, 0.2) is 29.3 Å². The fourth-order valence-corrected chi connectivity index (χ4v) is 1.90. The highest BCUT2D eigenvalue weighted by atomic mass is 127. The van der Waals surface area contributed by atoms with Crippen LogP contribution in [0.5, 0.6) is 5.75 Å². The van der Waals surface area contributed by atoms with E-state index >= 15 is 0 Å². The standard InChI is InChI=1S/C18H30N4O2.HI/c1-5-7-11-20-18(19-6-2)21-13-15-9-8-10-16(12-15)24-14-17(23)22(3)4;/h8-10,12H,5-7,11,13-14H2,1-4H3,(H2,19,20,21);1H. The smallest absolute Gasteiger partial charge is 0.259 e. The number of carbonyl (C=O) groups excluding carboxylic acids is 1. The minimum Gasteiger partial charge on any atom is -0.484 e. The lowest BCUT2D eigenvalue weighted by atomic mass is 10.2. The Balaban J connectivity index is 0.00000576. The van der Waals surface area contributed by atoms with Crippen LogP contribution in [-0.2, 0) is 11.3 Å². The van der Waals surface area contributed by atoms with Gasteiger partial charge in [-0.3, -0.25) is 4.79 Å². The average molecular weight is 462 g/mol. The van der Waals surface area contributed by atoms with Crippen LogP contribution in [0.4, 0.5) is 0 Å². The van der Waals surface area contributed by atoms with E-state index < -0.39 is 0 Å². The molecule has 1 amide bonds. The molecule has 0 heterocycles. The van der Waals surface area contributed by atoms with Crippen LogP contribution in [0.2, 0.25) is 0 Å². The van der Waals surface area contributed by atoms with Gasteiger partial charge in [-0.25, -0.2) is 4.99 Å². The van der Waals surface area contributed by atoms with Crippen molar-refractivity contribution in [2.24, 2.45) is 4.99 Å². The number of rotatable bonds is 9. The quantitative estimate of drug-likeness (QED) is 0.256. The van der Waals surface area contributed by atoms with Crippen LogP contribution in [0.1, 0.15) is 32.3 Å². The number of hydrogen-bond donors (Lipinski definition) is 2. The normalized spacial score (nSPS) is 10.6. The topological polar surface area (TPSA) is 66.0 Å². The zero-order valence-corrected chi connectivity index (χ0v) is 18.0. The molecule has 0 fully saturated rings. The number of nitrogens with one attached hydrogen (secondary N) is 2. The van der Waals surface area contributed by atoms with Gasteiger partial charge in [0.2, 0.25) is 0 Å². The second kappa shape index (κ2) is 13.7. The Hall–Kier alpha value is -1.51. The monoisotopic (exact) mass is 462 g/mol. The Morgan fingerprint density at radius 2 is 2.00 bits per heavy atom. The van der Waals surface area contributed by atoms with E-state index in [2.05, 4.69) is 22.5 Å². The van der Waals surface area contributed by atoms with Crippen LogP contribution in [-0.4, -0.2) is 50.6 Å². The first kappa shape index (κ1) is 23.5. The van der Waals surface area contributed by atoms with Crippen molar-refractivity contribution in [3.8, 4) is 5.75 Å². The number of ether oxygens (including phenoxy) is 1. The number of halogens is 1. The van der Waals surface area contributed by atoms with E-state index in [9.17, 15) is 4.79 Å². The van der Waals surface area contributed by atoms with Crippen molar-refractivity contribution >= 4 is 35.8 Å². The molecule has 0 radical (unpaired) electrons. The van der Waals surface area contributed by atoms with Crippen LogP contribution >= 0.6 is 24.0 Å². The van der Waals surface area contributed by atoms with E-state index in [1.807, 2.05) is 31.2 Å². The summed E-state index contributed by atoms with van der Waals surface area (Å²) in [6.07, 6.45) is 2.27. The Labute approximate surface area is 168 Å². The molecule has 6 nitrogen and oxygen atoms in total. The highest BCUT2D eigenvalue weighted by Gasteiger charge is 2.05. The third-order valence-electron chi connectivity index (χ3n) is 3.35. The molecule has 1 aromatic rings. The molecule has 1 aromatic carbocycles. The lowest BCUT2D eigenvalue weighted by Crippen LogP contribution is -2.37. The van der Waals surface area contributed by atoms with Crippen molar-refractivity contribution < 1.29 is 9.53 Å². The predicted molar refractivity (Wildman–Crippen MR) is 114 cm³/mol. The SMILES string of the molecule is CCCCNC(=NCc1cccc(OCC(=O)N(C)C)c1)NCC.I. The van der Waals surface area contributed by atoms with E-state index in [1.54, 1.807) is 14.1 Å². The van der Waals surface area contributed by atoms with E-state index in [1.165, 1.54) is 4.90 Å². The molecule has 0 aliphatic carbocycles. The molecule has 25 heavy (non-hydrogen) atoms. The Morgan fingerprint density at radius 1 is 1.24 bits per heavy atom. The zero-order chi connectivity index (χ0) is 17.8. The first-order valence-corrected chi connectivity index (χ1v) is 8.50. The molecular weight excluding hydrogens is 431 g/mol. The van der Waals surface area contributed by atoms with Crippen molar-refractivity contribution in [3.63, 3.8) is 0 Å². The third kappa shape index (κ3) is 10.2. The van der Waals surface area contributed by atoms with Gasteiger partial charge in [-0.15, -0.1) is 24.0 Å². The molecule has 0 atom stereocenters. The molecule has 142 valence electrons. The molecule has 0 aliphatic heterocycles. The summed E-state index contributed by atoms with van der Waals surface area (Å²) in [5.74, 6) is 1.44. The largest absolute Gasteiger partial charge is 0.484 e. The van der Waals surface area contributed by atoms with Gasteiger partial charge in [0.05, 0.1) is 6.54 Å². The molecular formula is C18H31IN4O2. The number of aliphatic imine (C=N–C) groups is 1. The Morgan fingerprint density at radius 3 is 2.64 bits per heavy atom. The van der Waals surface area contributed by atoms with Crippen LogP contribution in [0, 0.1) is 0 Å². The van der Waals surface area contributed by atoms with Gasteiger partial charge in [0.1, 0.15) is 5.75 Å². The summed E-state index contributed by atoms with van der Waals surface area (Å²) in [4.78, 5) is 17.7. The van der Waals surface area contributed by atoms with Crippen LogP contribution in [0.25, 0.3) is 0 Å². The van der Waals surface area contributed by atoms with Crippen molar-refractivity contribution in [2.75, 3.05) is 33.8 Å². The number of unbranched alkanes of at least 4 members (excludes halogenated alkanes) is 1. The highest BCUT2D eigenvalue weighted by Crippen LogP contribution is 2.14. The summed E-state index contributed by atoms with van der Waals surface area (Å²) in [5.41, 5.74) is 1.04. The van der Waals surface area contributed by atoms with Gasteiger partial charge >= 0.3 is 0 Å². The molecule has 0 unspecified atom stereocenters. The predicted octanol–water partition coefficient (Wildman–Crippen LogP) is 2.63. The molecule has 0 aliphatic rings. The first-order chi connectivity index (χ1) is 11.6. The molecule has 2 N–H and O–H groups in total. The summed E-state index contributed by atoms with van der Waals surface area (Å²) in [6.45, 7) is 6.55. The molecule has 0 bridgehead atoms. The average Bonchev–Trinajstić information content (AvgIpc) is 2.58. The second-order valence-electron chi connectivity index (χ2n) is 5.70. The van der Waals surface area contributed by atoms with E-state index in [0.717, 1.165) is 37.5 Å². The number of carbonyl (C=O) groups is 1. The number of amides is 1. The lowest BCUT2D eigenvalue weighted by molar-refractivity contribution is -0.130. The maximum absolute atomic E-state index is 11.6. The number of hydrogen-bond acceptors (Lipinski definition) is 3. The lowest BCUT2D eigenvalue weighted by Gasteiger charge is -2.12. The second-order valence-corrected chi connectivity index (χ2v) is 5.70. The van der Waals surface area contributed by atoms with Gasteiger partial charge in [-0.1, -0.05) is 25.5 Å². The summed E-state index contributed by atoms with van der Waals surface area (Å²) in [7, 11) is 3.43. The van der Waals surface area contributed by atoms with Gasteiger partial charge in [0.15, 0.2) is 12.6 Å². The number of benzene rings is 1. The minimum atomic E-state index is -0.0621. The maximum Gasteiger partial charge on any atom is 0.259 e. The van der Waals surface area contributed by atoms with E-state index in [4.69, 9.17) is 4.74 Å². The van der Waals surface area contributed by atoms with Gasteiger partial charge in [0, 0.05) is 27.2 Å². The highest BCUT2D eigenvalue weighted by molar-refractivity contribution is 14.0. The van der Waals surface area contributed by atoms with E-state index in [0.29, 0.717) is 12.3 Å². The van der Waals surface area contributed by atoms with E-state index in [-0.39, 0.29) is 36.5 Å². The fourth-order valence-electron chi connectivity index (χ4n) is 1.90. The summed E-state index contributed by atoms with van der Waals surface area (Å²) < 4.78 is 5.53.